The fourth-order valence-corrected chi connectivity index (χ4v) is 8.69. The second-order valence-corrected chi connectivity index (χ2v) is 18.6. The minimum absolute atomic E-state index is 0.0821. The lowest BCUT2D eigenvalue weighted by atomic mass is 9.92. The first-order valence-corrected chi connectivity index (χ1v) is 21.6. The smallest absolute Gasteiger partial charge is 0.410 e. The van der Waals surface area contributed by atoms with Crippen LogP contribution < -0.4 is 0 Å². The van der Waals surface area contributed by atoms with Crippen molar-refractivity contribution < 1.29 is 29.0 Å². The van der Waals surface area contributed by atoms with Crippen molar-refractivity contribution in [2.75, 3.05) is 59.0 Å². The minimum Gasteiger partial charge on any atom is -0.444 e. The van der Waals surface area contributed by atoms with Crippen LogP contribution in [0.3, 0.4) is 0 Å². The maximum atomic E-state index is 12.5. The van der Waals surface area contributed by atoms with Gasteiger partial charge >= 0.3 is 12.2 Å². The molecule has 0 saturated carbocycles. The van der Waals surface area contributed by atoms with Crippen molar-refractivity contribution in [3.63, 3.8) is 0 Å². The van der Waals surface area contributed by atoms with Gasteiger partial charge in [0.2, 0.25) is 0 Å². The van der Waals surface area contributed by atoms with E-state index in [1.807, 2.05) is 103 Å². The lowest BCUT2D eigenvalue weighted by Crippen LogP contribution is -2.51. The predicted molar refractivity (Wildman–Crippen MR) is 242 cm³/mol. The Kier molecular flexibility index (Phi) is 13.3. The molecule has 0 radical (unpaired) electrons. The van der Waals surface area contributed by atoms with Gasteiger partial charge in [0.1, 0.15) is 11.2 Å². The quantitative estimate of drug-likeness (QED) is 0.200. The van der Waals surface area contributed by atoms with Crippen LogP contribution in [0.2, 0.25) is 5.02 Å². The summed E-state index contributed by atoms with van der Waals surface area (Å²) in [6.07, 6.45) is 7.92. The molecule has 4 heterocycles. The van der Waals surface area contributed by atoms with Gasteiger partial charge < -0.3 is 24.4 Å². The lowest BCUT2D eigenvalue weighted by Gasteiger charge is -2.40. The van der Waals surface area contributed by atoms with E-state index in [2.05, 4.69) is 28.0 Å². The molecule has 2 amide bonds. The molecule has 4 aromatic rings. The zero-order chi connectivity index (χ0) is 44.3. The van der Waals surface area contributed by atoms with Crippen molar-refractivity contribution in [3.8, 4) is 0 Å². The fraction of sp³-hybridized carbons (Fsp3) is 0.408. The number of aryl methyl sites for hydroxylation is 1. The Labute approximate surface area is 369 Å². The molecule has 2 aliphatic carbocycles. The van der Waals surface area contributed by atoms with Crippen LogP contribution in [0.5, 0.6) is 0 Å². The van der Waals surface area contributed by atoms with E-state index in [0.717, 1.165) is 62.2 Å². The van der Waals surface area contributed by atoms with Crippen LogP contribution in [0.25, 0.3) is 23.3 Å². The molecule has 2 unspecified atom stereocenters. The summed E-state index contributed by atoms with van der Waals surface area (Å²) in [6.45, 7) is 18.3. The maximum Gasteiger partial charge on any atom is 0.410 e. The average molecular weight is 861 g/mol. The number of benzene rings is 2. The number of aliphatic hydroxyl groups excluding tert-OH is 1. The van der Waals surface area contributed by atoms with Crippen LogP contribution in [0.4, 0.5) is 9.59 Å². The van der Waals surface area contributed by atoms with Gasteiger partial charge in [0.15, 0.2) is 6.29 Å². The van der Waals surface area contributed by atoms with Gasteiger partial charge in [-0.05, 0) is 124 Å². The average Bonchev–Trinajstić information content (AvgIpc) is 3.46. The number of amides is 2. The first-order chi connectivity index (χ1) is 29.5. The van der Waals surface area contributed by atoms with Crippen LogP contribution in [-0.4, -0.2) is 123 Å². The standard InChI is InChI=1S/C25H29N3O3.C24H28ClN3O3/c1-17-7-8-20-21(14-17)19(16-29)15-18-6-5-9-26-22(18)23(20)27-10-12-28(13-11-27)24(30)31-25(2,3)4;1-24(2,3)31-23(30)28-11-9-27(10-12-28)22-19-7-6-18(25)14-20(19)17(15-29)13-16-5-4-8-26-21(16)22/h5-9,14-16,23H,10-13H2,1-4H3;4-8,13-14,22,29H,9-12,15H2,1-3H3. The number of hydrogen-bond acceptors (Lipinski definition) is 10. The second-order valence-electron chi connectivity index (χ2n) is 18.1. The van der Waals surface area contributed by atoms with Crippen molar-refractivity contribution in [1.29, 1.82) is 0 Å². The molecule has 2 atom stereocenters. The number of carbonyl (C=O) groups excluding carboxylic acids is 3. The van der Waals surface area contributed by atoms with E-state index < -0.39 is 11.2 Å². The first-order valence-electron chi connectivity index (χ1n) is 21.3. The third-order valence-corrected chi connectivity index (χ3v) is 11.6. The number of rotatable bonds is 4. The molecule has 2 aromatic carbocycles. The summed E-state index contributed by atoms with van der Waals surface area (Å²) in [6, 6.07) is 19.7. The minimum atomic E-state index is -0.511. The Bertz CT molecular complexity index is 2370. The number of allylic oxidation sites excluding steroid dienone is 1. The van der Waals surface area contributed by atoms with Crippen LogP contribution >= 0.6 is 11.6 Å². The number of aliphatic hydroxyl groups is 1. The van der Waals surface area contributed by atoms with Gasteiger partial charge in [-0.1, -0.05) is 53.6 Å². The van der Waals surface area contributed by atoms with Crippen molar-refractivity contribution >= 4 is 53.4 Å². The van der Waals surface area contributed by atoms with E-state index in [4.69, 9.17) is 31.0 Å². The van der Waals surface area contributed by atoms with E-state index in [1.54, 1.807) is 22.2 Å². The highest BCUT2D eigenvalue weighted by Gasteiger charge is 2.36. The fourth-order valence-electron chi connectivity index (χ4n) is 8.52. The van der Waals surface area contributed by atoms with E-state index in [0.29, 0.717) is 63.0 Å². The highest BCUT2D eigenvalue weighted by molar-refractivity contribution is 6.30. The number of halogens is 1. The van der Waals surface area contributed by atoms with Crippen LogP contribution in [0.15, 0.2) is 73.1 Å². The third-order valence-electron chi connectivity index (χ3n) is 11.3. The Hall–Kier alpha value is -5.40. The van der Waals surface area contributed by atoms with Crippen LogP contribution in [0, 0.1) is 6.92 Å². The molecule has 4 aliphatic rings. The van der Waals surface area contributed by atoms with Gasteiger partial charge in [-0.15, -0.1) is 0 Å². The highest BCUT2D eigenvalue weighted by atomic mass is 35.5. The van der Waals surface area contributed by atoms with Gasteiger partial charge in [0.05, 0.1) is 30.1 Å². The molecule has 2 aromatic heterocycles. The molecular formula is C49H57ClN6O6. The first kappa shape index (κ1) is 44.6. The number of hydrogen-bond donors (Lipinski definition) is 1. The summed E-state index contributed by atoms with van der Waals surface area (Å²) >= 11 is 6.31. The van der Waals surface area contributed by atoms with E-state index in [9.17, 15) is 19.5 Å². The zero-order valence-corrected chi connectivity index (χ0v) is 37.5. The molecule has 8 rings (SSSR count). The molecule has 13 heteroatoms. The summed E-state index contributed by atoms with van der Waals surface area (Å²) in [5.74, 6) is 0. The molecular weight excluding hydrogens is 804 g/mol. The van der Waals surface area contributed by atoms with Crippen molar-refractivity contribution in [2.45, 2.75) is 71.8 Å². The summed E-state index contributed by atoms with van der Waals surface area (Å²) < 4.78 is 11.1. The van der Waals surface area contributed by atoms with Crippen molar-refractivity contribution in [1.82, 2.24) is 29.6 Å². The highest BCUT2D eigenvalue weighted by Crippen LogP contribution is 2.41. The Morgan fingerprint density at radius 1 is 0.710 bits per heavy atom. The molecule has 12 nitrogen and oxygen atoms in total. The third kappa shape index (κ3) is 10.1. The second kappa shape index (κ2) is 18.5. The number of pyridine rings is 2. The molecule has 0 spiro atoms. The normalized spacial score (nSPS) is 19.1. The number of carbonyl (C=O) groups is 3. The van der Waals surface area contributed by atoms with Crippen molar-refractivity contribution in [2.24, 2.45) is 0 Å². The number of aromatic nitrogens is 2. The van der Waals surface area contributed by atoms with Gasteiger partial charge in [-0.3, -0.25) is 24.6 Å². The number of piperazine rings is 2. The van der Waals surface area contributed by atoms with Gasteiger partial charge in [-0.2, -0.15) is 0 Å². The van der Waals surface area contributed by atoms with E-state index >= 15 is 0 Å². The largest absolute Gasteiger partial charge is 0.444 e. The monoisotopic (exact) mass is 860 g/mol. The molecule has 1 N–H and O–H groups in total. The summed E-state index contributed by atoms with van der Waals surface area (Å²) in [5.41, 5.74) is 9.44. The summed E-state index contributed by atoms with van der Waals surface area (Å²) in [4.78, 5) is 54.6. The van der Waals surface area contributed by atoms with Crippen LogP contribution in [0.1, 0.15) is 104 Å². The number of aldehydes is 1. The molecule has 0 bridgehead atoms. The maximum absolute atomic E-state index is 12.5. The van der Waals surface area contributed by atoms with Gasteiger partial charge in [0, 0.05) is 75.3 Å². The van der Waals surface area contributed by atoms with Crippen LogP contribution in [-0.2, 0) is 14.3 Å². The SMILES string of the molecule is CC(C)(C)OC(=O)N1CCN(C2c3ccc(Cl)cc3C(CO)=Cc3cccnc32)CC1.Cc1ccc2c(c1)C(C=O)=Cc1cccnc1C2N1CCN(C(=O)OC(C)(C)C)CC1. The molecule has 326 valence electrons. The number of nitrogens with zero attached hydrogens (tertiary/aromatic N) is 6. The molecule has 2 aliphatic heterocycles. The Morgan fingerprint density at radius 2 is 1.19 bits per heavy atom. The molecule has 2 fully saturated rings. The van der Waals surface area contributed by atoms with E-state index in [-0.39, 0.29) is 30.9 Å². The molecule has 62 heavy (non-hydrogen) atoms. The van der Waals surface area contributed by atoms with E-state index in [1.165, 1.54) is 0 Å². The summed E-state index contributed by atoms with van der Waals surface area (Å²) in [7, 11) is 0. The van der Waals surface area contributed by atoms with Gasteiger partial charge in [0.25, 0.3) is 0 Å². The Balaban J connectivity index is 0.000000186. The zero-order valence-electron chi connectivity index (χ0n) is 36.7. The van der Waals surface area contributed by atoms with Gasteiger partial charge in [-0.25, -0.2) is 9.59 Å². The number of fused-ring (bicyclic) bond motifs is 4. The topological polar surface area (TPSA) is 129 Å². The van der Waals surface area contributed by atoms with Crippen molar-refractivity contribution in [3.05, 3.63) is 128 Å². The lowest BCUT2D eigenvalue weighted by molar-refractivity contribution is -0.103. The predicted octanol–water partition coefficient (Wildman–Crippen LogP) is 8.31. The Morgan fingerprint density at radius 3 is 1.68 bits per heavy atom. The number of ether oxygens (including phenoxy) is 2. The summed E-state index contributed by atoms with van der Waals surface area (Å²) in [5, 5.41) is 10.7. The molecule has 2 saturated heterocycles.